The molecular formula is C15H17ClN2O3. The van der Waals surface area contributed by atoms with Crippen LogP contribution in [-0.4, -0.2) is 39.5 Å². The van der Waals surface area contributed by atoms with E-state index in [1.165, 1.54) is 4.90 Å². The van der Waals surface area contributed by atoms with Gasteiger partial charge in [0.25, 0.3) is 5.91 Å². The Morgan fingerprint density at radius 2 is 2.00 bits per heavy atom. The summed E-state index contributed by atoms with van der Waals surface area (Å²) in [5.41, 5.74) is 1.09. The highest BCUT2D eigenvalue weighted by molar-refractivity contribution is 6.38. The van der Waals surface area contributed by atoms with Crippen LogP contribution in [0.4, 0.5) is 0 Å². The number of H-pyrrole nitrogens is 1. The number of rotatable bonds is 5. The lowest BCUT2D eigenvalue weighted by Gasteiger charge is -2.25. The normalized spacial score (nSPS) is 11.0. The van der Waals surface area contributed by atoms with Gasteiger partial charge in [-0.15, -0.1) is 0 Å². The van der Waals surface area contributed by atoms with Crippen molar-refractivity contribution in [1.82, 2.24) is 9.88 Å². The Labute approximate surface area is 127 Å². The zero-order valence-electron chi connectivity index (χ0n) is 11.9. The number of carboxylic acid groups (broad SMARTS) is 1. The zero-order chi connectivity index (χ0) is 15.6. The van der Waals surface area contributed by atoms with E-state index in [4.69, 9.17) is 16.7 Å². The first kappa shape index (κ1) is 15.4. The van der Waals surface area contributed by atoms with Crippen molar-refractivity contribution in [3.05, 3.63) is 35.0 Å². The Bertz CT molecular complexity index is 679. The highest BCUT2D eigenvalue weighted by Gasteiger charge is 2.24. The Balaban J connectivity index is 2.34. The molecule has 21 heavy (non-hydrogen) atoms. The van der Waals surface area contributed by atoms with Crippen LogP contribution in [-0.2, 0) is 4.79 Å². The number of nitrogens with zero attached hydrogens (tertiary/aromatic N) is 1. The first-order valence-electron chi connectivity index (χ1n) is 6.70. The van der Waals surface area contributed by atoms with Crippen LogP contribution < -0.4 is 0 Å². The van der Waals surface area contributed by atoms with Crippen molar-refractivity contribution in [3.8, 4) is 0 Å². The fraction of sp³-hybridized carbons (Fsp3) is 0.333. The van der Waals surface area contributed by atoms with Gasteiger partial charge in [0.2, 0.25) is 0 Å². The van der Waals surface area contributed by atoms with E-state index in [1.807, 2.05) is 38.1 Å². The molecule has 0 spiro atoms. The molecule has 0 bridgehead atoms. The van der Waals surface area contributed by atoms with E-state index in [9.17, 15) is 9.59 Å². The fourth-order valence-corrected chi connectivity index (χ4v) is 2.50. The summed E-state index contributed by atoms with van der Waals surface area (Å²) in [6.07, 6.45) is -0.0955. The monoisotopic (exact) mass is 308 g/mol. The minimum atomic E-state index is -0.934. The number of fused-ring (bicyclic) bond motifs is 1. The zero-order valence-corrected chi connectivity index (χ0v) is 12.6. The Morgan fingerprint density at radius 1 is 1.33 bits per heavy atom. The number of hydrogen-bond donors (Lipinski definition) is 2. The van der Waals surface area contributed by atoms with Gasteiger partial charge < -0.3 is 15.0 Å². The number of carboxylic acids is 1. The average molecular weight is 309 g/mol. The Morgan fingerprint density at radius 3 is 2.57 bits per heavy atom. The second kappa shape index (κ2) is 6.18. The highest BCUT2D eigenvalue weighted by atomic mass is 35.5. The number of aromatic nitrogens is 1. The van der Waals surface area contributed by atoms with E-state index >= 15 is 0 Å². The van der Waals surface area contributed by atoms with Gasteiger partial charge in [-0.3, -0.25) is 9.59 Å². The molecule has 1 aromatic heterocycles. The van der Waals surface area contributed by atoms with Gasteiger partial charge in [0.15, 0.2) is 0 Å². The van der Waals surface area contributed by atoms with Gasteiger partial charge in [-0.1, -0.05) is 29.8 Å². The third-order valence-electron chi connectivity index (χ3n) is 3.31. The lowest BCUT2D eigenvalue weighted by molar-refractivity contribution is -0.137. The topological polar surface area (TPSA) is 73.4 Å². The highest BCUT2D eigenvalue weighted by Crippen LogP contribution is 2.28. The molecule has 0 aliphatic carbocycles. The molecule has 0 atom stereocenters. The van der Waals surface area contributed by atoms with E-state index in [1.54, 1.807) is 0 Å². The maximum Gasteiger partial charge on any atom is 0.305 e. The van der Waals surface area contributed by atoms with Crippen molar-refractivity contribution in [1.29, 1.82) is 0 Å². The largest absolute Gasteiger partial charge is 0.481 e. The molecule has 0 aliphatic heterocycles. The number of aliphatic carboxylic acids is 1. The number of benzene rings is 1. The van der Waals surface area contributed by atoms with E-state index in [0.717, 1.165) is 10.9 Å². The van der Waals surface area contributed by atoms with E-state index in [0.29, 0.717) is 10.7 Å². The van der Waals surface area contributed by atoms with Gasteiger partial charge in [-0.2, -0.15) is 0 Å². The average Bonchev–Trinajstić information content (AvgIpc) is 2.76. The Hall–Kier alpha value is -2.01. The number of carbonyl (C=O) groups is 2. The molecule has 1 heterocycles. The first-order valence-corrected chi connectivity index (χ1v) is 7.08. The molecule has 2 rings (SSSR count). The molecule has 5 nitrogen and oxygen atoms in total. The van der Waals surface area contributed by atoms with Crippen LogP contribution in [0.2, 0.25) is 5.02 Å². The maximum absolute atomic E-state index is 12.6. The molecule has 1 amide bonds. The summed E-state index contributed by atoms with van der Waals surface area (Å²) in [4.78, 5) is 27.8. The van der Waals surface area contributed by atoms with Crippen LogP contribution in [0.15, 0.2) is 24.3 Å². The summed E-state index contributed by atoms with van der Waals surface area (Å²) >= 11 is 6.27. The van der Waals surface area contributed by atoms with Crippen molar-refractivity contribution < 1.29 is 14.7 Å². The van der Waals surface area contributed by atoms with Gasteiger partial charge in [-0.05, 0) is 19.9 Å². The van der Waals surface area contributed by atoms with Crippen molar-refractivity contribution in [2.75, 3.05) is 6.54 Å². The molecule has 2 N–H and O–H groups in total. The summed E-state index contributed by atoms with van der Waals surface area (Å²) in [5.74, 6) is -1.22. The van der Waals surface area contributed by atoms with Crippen molar-refractivity contribution in [3.63, 3.8) is 0 Å². The third-order valence-corrected chi connectivity index (χ3v) is 3.70. The van der Waals surface area contributed by atoms with Crippen molar-refractivity contribution in [2.45, 2.75) is 26.3 Å². The molecule has 0 fully saturated rings. The fourth-order valence-electron chi connectivity index (χ4n) is 2.21. The molecule has 6 heteroatoms. The maximum atomic E-state index is 12.6. The number of halogens is 1. The number of para-hydroxylation sites is 1. The smallest absolute Gasteiger partial charge is 0.305 e. The lowest BCUT2D eigenvalue weighted by Crippen LogP contribution is -2.38. The second-order valence-electron chi connectivity index (χ2n) is 5.10. The van der Waals surface area contributed by atoms with Gasteiger partial charge in [0, 0.05) is 23.5 Å². The van der Waals surface area contributed by atoms with Crippen molar-refractivity contribution >= 4 is 34.4 Å². The number of amides is 1. The van der Waals surface area contributed by atoms with E-state index in [2.05, 4.69) is 4.98 Å². The summed E-state index contributed by atoms with van der Waals surface area (Å²) in [6, 6.07) is 7.27. The molecule has 0 aliphatic rings. The standard InChI is InChI=1S/C15H17ClN2O3/c1-9(2)18(8-7-12(19)20)15(21)14-13(16)10-5-3-4-6-11(10)17-14/h3-6,9,17H,7-8H2,1-2H3,(H,19,20). The summed E-state index contributed by atoms with van der Waals surface area (Å²) in [5, 5.41) is 9.95. The van der Waals surface area contributed by atoms with Gasteiger partial charge in [0.1, 0.15) is 5.69 Å². The van der Waals surface area contributed by atoms with Crippen LogP contribution in [0.1, 0.15) is 30.8 Å². The predicted molar refractivity (Wildman–Crippen MR) is 81.7 cm³/mol. The van der Waals surface area contributed by atoms with Crippen molar-refractivity contribution in [2.24, 2.45) is 0 Å². The number of nitrogens with one attached hydrogen (secondary N) is 1. The van der Waals surface area contributed by atoms with Crippen LogP contribution in [0.25, 0.3) is 10.9 Å². The van der Waals surface area contributed by atoms with Gasteiger partial charge in [-0.25, -0.2) is 0 Å². The summed E-state index contributed by atoms with van der Waals surface area (Å²) in [6.45, 7) is 3.84. The van der Waals surface area contributed by atoms with Crippen LogP contribution in [0.5, 0.6) is 0 Å². The number of hydrogen-bond acceptors (Lipinski definition) is 2. The first-order chi connectivity index (χ1) is 9.91. The minimum Gasteiger partial charge on any atom is -0.481 e. The second-order valence-corrected chi connectivity index (χ2v) is 5.47. The summed E-state index contributed by atoms with van der Waals surface area (Å²) in [7, 11) is 0. The molecular weight excluding hydrogens is 292 g/mol. The van der Waals surface area contributed by atoms with Crippen LogP contribution >= 0.6 is 11.6 Å². The lowest BCUT2D eigenvalue weighted by atomic mass is 10.2. The number of carbonyl (C=O) groups excluding carboxylic acids is 1. The SMILES string of the molecule is CC(C)N(CCC(=O)O)C(=O)c1[nH]c2ccccc2c1Cl. The van der Waals surface area contributed by atoms with Gasteiger partial charge >= 0.3 is 5.97 Å². The molecule has 0 radical (unpaired) electrons. The van der Waals surface area contributed by atoms with Crippen LogP contribution in [0, 0.1) is 0 Å². The van der Waals surface area contributed by atoms with Gasteiger partial charge in [0.05, 0.1) is 11.4 Å². The molecule has 1 aromatic carbocycles. The number of aromatic amines is 1. The minimum absolute atomic E-state index is 0.0955. The molecule has 0 saturated carbocycles. The quantitative estimate of drug-likeness (QED) is 0.891. The van der Waals surface area contributed by atoms with Crippen LogP contribution in [0.3, 0.4) is 0 Å². The molecule has 0 unspecified atom stereocenters. The third kappa shape index (κ3) is 3.19. The molecule has 0 saturated heterocycles. The van der Waals surface area contributed by atoms with E-state index < -0.39 is 5.97 Å². The predicted octanol–water partition coefficient (Wildman–Crippen LogP) is 3.15. The Kier molecular flexibility index (Phi) is 4.53. The molecule has 2 aromatic rings. The van der Waals surface area contributed by atoms with E-state index in [-0.39, 0.29) is 24.9 Å². The summed E-state index contributed by atoms with van der Waals surface area (Å²) < 4.78 is 0. The molecule has 112 valence electrons.